The van der Waals surface area contributed by atoms with Crippen molar-refractivity contribution < 1.29 is 4.79 Å². The van der Waals surface area contributed by atoms with Crippen LogP contribution in [0.4, 0.5) is 5.69 Å². The van der Waals surface area contributed by atoms with Gasteiger partial charge in [-0.25, -0.2) is 0 Å². The number of carbonyl (C=O) groups excluding carboxylic acids is 1. The van der Waals surface area contributed by atoms with Crippen LogP contribution < -0.4 is 11.1 Å². The molecule has 1 amide bonds. The van der Waals surface area contributed by atoms with Crippen LogP contribution in [0.1, 0.15) is 18.9 Å². The Kier molecular flexibility index (Phi) is 6.75. The molecule has 18 heavy (non-hydrogen) atoms. The van der Waals surface area contributed by atoms with Gasteiger partial charge in [0.2, 0.25) is 5.91 Å². The average Bonchev–Trinajstić information content (AvgIpc) is 2.28. The smallest absolute Gasteiger partial charge is 0.234 e. The molecule has 1 aromatic rings. The summed E-state index contributed by atoms with van der Waals surface area (Å²) >= 11 is 5.02. The molecular formula is C13H19BrN2OS. The SMILES string of the molecule is Cc1cc(Br)ccc1NC(=O)CSCCC(C)N. The Morgan fingerprint density at radius 1 is 1.56 bits per heavy atom. The highest BCUT2D eigenvalue weighted by molar-refractivity contribution is 9.10. The molecule has 1 atom stereocenters. The lowest BCUT2D eigenvalue weighted by molar-refractivity contribution is -0.113. The summed E-state index contributed by atoms with van der Waals surface area (Å²) in [4.78, 5) is 11.7. The Hall–Kier alpha value is -0.520. The molecule has 1 rings (SSSR count). The Balaban J connectivity index is 2.35. The van der Waals surface area contributed by atoms with E-state index in [4.69, 9.17) is 5.73 Å². The first-order chi connectivity index (χ1) is 8.49. The van der Waals surface area contributed by atoms with Crippen molar-refractivity contribution in [1.29, 1.82) is 0 Å². The molecule has 0 aromatic heterocycles. The van der Waals surface area contributed by atoms with Crippen molar-refractivity contribution in [2.45, 2.75) is 26.3 Å². The molecule has 100 valence electrons. The third kappa shape index (κ3) is 5.89. The standard InChI is InChI=1S/C13H19BrN2OS/c1-9-7-11(14)3-4-12(9)16-13(17)8-18-6-5-10(2)15/h3-4,7,10H,5-6,8,15H2,1-2H3,(H,16,17). The van der Waals surface area contributed by atoms with Gasteiger partial charge >= 0.3 is 0 Å². The maximum atomic E-state index is 11.7. The van der Waals surface area contributed by atoms with Gasteiger partial charge < -0.3 is 11.1 Å². The number of nitrogens with two attached hydrogens (primary N) is 1. The summed E-state index contributed by atoms with van der Waals surface area (Å²) in [6.07, 6.45) is 0.940. The summed E-state index contributed by atoms with van der Waals surface area (Å²) in [6, 6.07) is 6.02. The molecule has 0 saturated heterocycles. The van der Waals surface area contributed by atoms with Crippen LogP contribution in [0.3, 0.4) is 0 Å². The fourth-order valence-electron chi connectivity index (χ4n) is 1.39. The Morgan fingerprint density at radius 2 is 2.28 bits per heavy atom. The molecule has 0 bridgehead atoms. The first-order valence-electron chi connectivity index (χ1n) is 5.88. The average molecular weight is 331 g/mol. The zero-order valence-corrected chi connectivity index (χ0v) is 13.1. The van der Waals surface area contributed by atoms with Crippen LogP contribution in [0.2, 0.25) is 0 Å². The summed E-state index contributed by atoms with van der Waals surface area (Å²) in [5.41, 5.74) is 7.57. The van der Waals surface area contributed by atoms with Crippen molar-refractivity contribution in [2.75, 3.05) is 16.8 Å². The number of carbonyl (C=O) groups is 1. The van der Waals surface area contributed by atoms with Crippen molar-refractivity contribution in [2.24, 2.45) is 5.73 Å². The van der Waals surface area contributed by atoms with E-state index in [-0.39, 0.29) is 11.9 Å². The molecule has 0 aliphatic rings. The van der Waals surface area contributed by atoms with Gasteiger partial charge in [-0.15, -0.1) is 0 Å². The molecule has 3 N–H and O–H groups in total. The van der Waals surface area contributed by atoms with E-state index in [0.29, 0.717) is 5.75 Å². The third-order valence-corrected chi connectivity index (χ3v) is 3.90. The molecule has 1 unspecified atom stereocenters. The van der Waals surface area contributed by atoms with Crippen molar-refractivity contribution in [3.8, 4) is 0 Å². The predicted octanol–water partition coefficient (Wildman–Crippen LogP) is 3.17. The quantitative estimate of drug-likeness (QED) is 0.787. The van der Waals surface area contributed by atoms with E-state index in [1.807, 2.05) is 32.0 Å². The van der Waals surface area contributed by atoms with E-state index in [1.54, 1.807) is 11.8 Å². The van der Waals surface area contributed by atoms with Crippen molar-refractivity contribution >= 4 is 39.3 Å². The van der Waals surface area contributed by atoms with E-state index in [2.05, 4.69) is 21.2 Å². The lowest BCUT2D eigenvalue weighted by Crippen LogP contribution is -2.18. The van der Waals surface area contributed by atoms with Crippen LogP contribution in [0, 0.1) is 6.92 Å². The predicted molar refractivity (Wildman–Crippen MR) is 83.1 cm³/mol. The number of nitrogens with one attached hydrogen (secondary N) is 1. The largest absolute Gasteiger partial charge is 0.328 e. The number of rotatable bonds is 6. The molecule has 0 aliphatic carbocycles. The number of hydrogen-bond donors (Lipinski definition) is 2. The highest BCUT2D eigenvalue weighted by Gasteiger charge is 2.05. The Morgan fingerprint density at radius 3 is 2.89 bits per heavy atom. The fraction of sp³-hybridized carbons (Fsp3) is 0.462. The second-order valence-electron chi connectivity index (χ2n) is 4.33. The van der Waals surface area contributed by atoms with Gasteiger partial charge in [-0.2, -0.15) is 11.8 Å². The van der Waals surface area contributed by atoms with Gasteiger partial charge in [0, 0.05) is 16.2 Å². The summed E-state index contributed by atoms with van der Waals surface area (Å²) in [7, 11) is 0. The topological polar surface area (TPSA) is 55.1 Å². The fourth-order valence-corrected chi connectivity index (χ4v) is 2.80. The minimum atomic E-state index is 0.0371. The van der Waals surface area contributed by atoms with Crippen LogP contribution in [0.5, 0.6) is 0 Å². The van der Waals surface area contributed by atoms with E-state index >= 15 is 0 Å². The first kappa shape index (κ1) is 15.5. The molecule has 0 heterocycles. The van der Waals surface area contributed by atoms with E-state index in [9.17, 15) is 4.79 Å². The van der Waals surface area contributed by atoms with E-state index < -0.39 is 0 Å². The Labute approximate surface area is 121 Å². The minimum absolute atomic E-state index is 0.0371. The van der Waals surface area contributed by atoms with Crippen LogP contribution in [-0.4, -0.2) is 23.5 Å². The number of amides is 1. The third-order valence-electron chi connectivity index (χ3n) is 2.41. The highest BCUT2D eigenvalue weighted by Crippen LogP contribution is 2.20. The number of benzene rings is 1. The molecule has 0 aliphatic heterocycles. The lowest BCUT2D eigenvalue weighted by atomic mass is 10.2. The summed E-state index contributed by atoms with van der Waals surface area (Å²) < 4.78 is 1.02. The number of anilines is 1. The molecule has 0 radical (unpaired) electrons. The van der Waals surface area contributed by atoms with Gasteiger partial charge in [-0.1, -0.05) is 15.9 Å². The van der Waals surface area contributed by atoms with E-state index in [0.717, 1.165) is 27.9 Å². The number of thioether (sulfide) groups is 1. The maximum absolute atomic E-state index is 11.7. The summed E-state index contributed by atoms with van der Waals surface area (Å²) in [5.74, 6) is 1.43. The molecule has 5 heteroatoms. The second kappa shape index (κ2) is 7.81. The Bertz CT molecular complexity index is 410. The normalized spacial score (nSPS) is 12.2. The maximum Gasteiger partial charge on any atom is 0.234 e. The molecular weight excluding hydrogens is 312 g/mol. The van der Waals surface area contributed by atoms with Gasteiger partial charge in [0.1, 0.15) is 0 Å². The molecule has 0 spiro atoms. The van der Waals surface area contributed by atoms with Crippen molar-refractivity contribution in [3.05, 3.63) is 28.2 Å². The van der Waals surface area contributed by atoms with Gasteiger partial charge in [0.05, 0.1) is 5.75 Å². The zero-order valence-electron chi connectivity index (χ0n) is 10.7. The molecule has 1 aromatic carbocycles. The van der Waals surface area contributed by atoms with Crippen LogP contribution in [0.25, 0.3) is 0 Å². The number of hydrogen-bond acceptors (Lipinski definition) is 3. The van der Waals surface area contributed by atoms with Gasteiger partial charge in [-0.3, -0.25) is 4.79 Å². The zero-order chi connectivity index (χ0) is 13.5. The van der Waals surface area contributed by atoms with Crippen molar-refractivity contribution in [3.63, 3.8) is 0 Å². The monoisotopic (exact) mass is 330 g/mol. The summed E-state index contributed by atoms with van der Waals surface area (Å²) in [5, 5.41) is 2.91. The number of halogens is 1. The molecule has 0 fully saturated rings. The van der Waals surface area contributed by atoms with Gasteiger partial charge in [-0.05, 0) is 49.8 Å². The van der Waals surface area contributed by atoms with Gasteiger partial charge in [0.15, 0.2) is 0 Å². The van der Waals surface area contributed by atoms with Crippen molar-refractivity contribution in [1.82, 2.24) is 0 Å². The van der Waals surface area contributed by atoms with Gasteiger partial charge in [0.25, 0.3) is 0 Å². The van der Waals surface area contributed by atoms with Crippen LogP contribution in [-0.2, 0) is 4.79 Å². The molecule has 3 nitrogen and oxygen atoms in total. The summed E-state index contributed by atoms with van der Waals surface area (Å²) in [6.45, 7) is 3.95. The van der Waals surface area contributed by atoms with Crippen LogP contribution in [0.15, 0.2) is 22.7 Å². The highest BCUT2D eigenvalue weighted by atomic mass is 79.9. The molecule has 0 saturated carbocycles. The second-order valence-corrected chi connectivity index (χ2v) is 6.35. The lowest BCUT2D eigenvalue weighted by Gasteiger charge is -2.09. The van der Waals surface area contributed by atoms with Crippen LogP contribution >= 0.6 is 27.7 Å². The van der Waals surface area contributed by atoms with E-state index in [1.165, 1.54) is 0 Å². The first-order valence-corrected chi connectivity index (χ1v) is 7.83. The minimum Gasteiger partial charge on any atom is -0.328 e. The number of aryl methyl sites for hydroxylation is 1.